The van der Waals surface area contributed by atoms with Crippen molar-refractivity contribution in [1.82, 2.24) is 4.90 Å². The van der Waals surface area contributed by atoms with Crippen molar-refractivity contribution in [3.63, 3.8) is 0 Å². The summed E-state index contributed by atoms with van der Waals surface area (Å²) in [5, 5.41) is 14.9. The molecule has 1 aromatic carbocycles. The minimum absolute atomic E-state index is 0.0368. The SMILES string of the molecule is CCOC(=O)c1ccsc1NC(=O)CN(Cc1ccccc1)C(CO)C(C)C. The summed E-state index contributed by atoms with van der Waals surface area (Å²) >= 11 is 1.28. The molecule has 1 aromatic heterocycles. The van der Waals surface area contributed by atoms with Gasteiger partial charge in [0.25, 0.3) is 0 Å². The number of ether oxygens (including phenoxy) is 1. The first-order valence-corrected chi connectivity index (χ1v) is 10.3. The molecule has 1 atom stereocenters. The molecule has 0 saturated carbocycles. The van der Waals surface area contributed by atoms with Crippen LogP contribution in [0.15, 0.2) is 41.8 Å². The van der Waals surface area contributed by atoms with E-state index in [1.807, 2.05) is 49.1 Å². The number of anilines is 1. The van der Waals surface area contributed by atoms with Gasteiger partial charge in [-0.05, 0) is 29.9 Å². The van der Waals surface area contributed by atoms with E-state index >= 15 is 0 Å². The number of esters is 1. The molecule has 152 valence electrons. The van der Waals surface area contributed by atoms with Gasteiger partial charge in [-0.25, -0.2) is 4.79 Å². The summed E-state index contributed by atoms with van der Waals surface area (Å²) in [4.78, 5) is 26.7. The van der Waals surface area contributed by atoms with Gasteiger partial charge >= 0.3 is 5.97 Å². The monoisotopic (exact) mass is 404 g/mol. The Labute approximate surface area is 170 Å². The standard InChI is InChI=1S/C21H28N2O4S/c1-4-27-21(26)17-10-11-28-20(17)22-19(25)13-23(18(14-24)15(2)3)12-16-8-6-5-7-9-16/h5-11,15,18,24H,4,12-14H2,1-3H3,(H,22,25). The van der Waals surface area contributed by atoms with Gasteiger partial charge in [0.1, 0.15) is 5.00 Å². The molecule has 2 aromatic rings. The van der Waals surface area contributed by atoms with E-state index in [-0.39, 0.29) is 37.6 Å². The number of rotatable bonds is 10. The zero-order valence-electron chi connectivity index (χ0n) is 16.6. The highest BCUT2D eigenvalue weighted by Gasteiger charge is 2.24. The summed E-state index contributed by atoms with van der Waals surface area (Å²) in [6, 6.07) is 11.3. The number of thiophene rings is 1. The van der Waals surface area contributed by atoms with E-state index in [9.17, 15) is 14.7 Å². The van der Waals surface area contributed by atoms with Crippen molar-refractivity contribution in [2.75, 3.05) is 25.1 Å². The smallest absolute Gasteiger partial charge is 0.341 e. The number of amides is 1. The third kappa shape index (κ3) is 6.15. The number of nitrogens with one attached hydrogen (secondary N) is 1. The summed E-state index contributed by atoms with van der Waals surface area (Å²) in [7, 11) is 0. The molecule has 0 fully saturated rings. The van der Waals surface area contributed by atoms with Crippen molar-refractivity contribution in [2.45, 2.75) is 33.4 Å². The van der Waals surface area contributed by atoms with Gasteiger partial charge in [-0.1, -0.05) is 44.2 Å². The van der Waals surface area contributed by atoms with Crippen LogP contribution < -0.4 is 5.32 Å². The molecule has 0 spiro atoms. The minimum atomic E-state index is -0.449. The van der Waals surface area contributed by atoms with Gasteiger partial charge < -0.3 is 15.2 Å². The van der Waals surface area contributed by atoms with Gasteiger partial charge in [-0.2, -0.15) is 0 Å². The number of hydrogen-bond donors (Lipinski definition) is 2. The van der Waals surface area contributed by atoms with Gasteiger partial charge in [-0.15, -0.1) is 11.3 Å². The summed E-state index contributed by atoms with van der Waals surface area (Å²) in [5.41, 5.74) is 1.43. The third-order valence-corrected chi connectivity index (χ3v) is 5.24. The molecule has 0 saturated heterocycles. The van der Waals surface area contributed by atoms with Gasteiger partial charge in [0.2, 0.25) is 5.91 Å². The summed E-state index contributed by atoms with van der Waals surface area (Å²) < 4.78 is 5.03. The van der Waals surface area contributed by atoms with E-state index in [1.54, 1.807) is 18.4 Å². The molecule has 0 aliphatic heterocycles. The van der Waals surface area contributed by atoms with Crippen LogP contribution in [0.3, 0.4) is 0 Å². The number of benzene rings is 1. The summed E-state index contributed by atoms with van der Waals surface area (Å²) in [5.74, 6) is -0.503. The van der Waals surface area contributed by atoms with E-state index < -0.39 is 5.97 Å². The van der Waals surface area contributed by atoms with Crippen LogP contribution in [-0.4, -0.2) is 47.7 Å². The Balaban J connectivity index is 2.12. The Kier molecular flexibility index (Phi) is 8.63. The van der Waals surface area contributed by atoms with Crippen LogP contribution >= 0.6 is 11.3 Å². The third-order valence-electron chi connectivity index (χ3n) is 4.41. The molecule has 0 bridgehead atoms. The predicted octanol–water partition coefficient (Wildman–Crippen LogP) is 3.38. The molecule has 2 N–H and O–H groups in total. The Hall–Kier alpha value is -2.22. The summed E-state index contributed by atoms with van der Waals surface area (Å²) in [6.07, 6.45) is 0. The molecule has 0 aliphatic rings. The van der Waals surface area contributed by atoms with E-state index in [0.29, 0.717) is 17.1 Å². The second-order valence-electron chi connectivity index (χ2n) is 6.82. The molecule has 7 heteroatoms. The van der Waals surface area contributed by atoms with Crippen LogP contribution in [0, 0.1) is 5.92 Å². The van der Waals surface area contributed by atoms with Crippen LogP contribution in [0.1, 0.15) is 36.7 Å². The van der Waals surface area contributed by atoms with Crippen molar-refractivity contribution < 1.29 is 19.4 Å². The van der Waals surface area contributed by atoms with Gasteiger partial charge in [0.05, 0.1) is 25.3 Å². The number of carbonyl (C=O) groups excluding carboxylic acids is 2. The lowest BCUT2D eigenvalue weighted by Gasteiger charge is -2.32. The Bertz CT molecular complexity index is 761. The zero-order valence-corrected chi connectivity index (χ0v) is 17.4. The van der Waals surface area contributed by atoms with Crippen LogP contribution in [0.2, 0.25) is 0 Å². The molecular weight excluding hydrogens is 376 g/mol. The molecular formula is C21H28N2O4S. The van der Waals surface area contributed by atoms with Crippen molar-refractivity contribution in [1.29, 1.82) is 0 Å². The Morgan fingerprint density at radius 1 is 1.21 bits per heavy atom. The quantitative estimate of drug-likeness (QED) is 0.594. The predicted molar refractivity (Wildman–Crippen MR) is 111 cm³/mol. The lowest BCUT2D eigenvalue weighted by molar-refractivity contribution is -0.118. The maximum Gasteiger partial charge on any atom is 0.341 e. The van der Waals surface area contributed by atoms with Crippen LogP contribution in [-0.2, 0) is 16.1 Å². The highest BCUT2D eigenvalue weighted by Crippen LogP contribution is 2.24. The first-order valence-electron chi connectivity index (χ1n) is 9.39. The number of nitrogens with zero attached hydrogens (tertiary/aromatic N) is 1. The molecule has 28 heavy (non-hydrogen) atoms. The van der Waals surface area contributed by atoms with Crippen molar-refractivity contribution in [3.05, 3.63) is 52.9 Å². The molecule has 1 unspecified atom stereocenters. The Morgan fingerprint density at radius 3 is 2.54 bits per heavy atom. The fraction of sp³-hybridized carbons (Fsp3) is 0.429. The number of aliphatic hydroxyl groups is 1. The summed E-state index contributed by atoms with van der Waals surface area (Å²) in [6.45, 7) is 6.68. The fourth-order valence-electron chi connectivity index (χ4n) is 2.98. The molecule has 1 amide bonds. The van der Waals surface area contributed by atoms with E-state index in [1.165, 1.54) is 11.3 Å². The fourth-order valence-corrected chi connectivity index (χ4v) is 3.77. The molecule has 0 radical (unpaired) electrons. The average Bonchev–Trinajstić information content (AvgIpc) is 3.11. The van der Waals surface area contributed by atoms with Crippen LogP contribution in [0.25, 0.3) is 0 Å². The van der Waals surface area contributed by atoms with Crippen LogP contribution in [0.5, 0.6) is 0 Å². The lowest BCUT2D eigenvalue weighted by atomic mass is 10.0. The molecule has 0 aliphatic carbocycles. The Morgan fingerprint density at radius 2 is 1.93 bits per heavy atom. The molecule has 6 nitrogen and oxygen atoms in total. The second kappa shape index (κ2) is 10.9. The van der Waals surface area contributed by atoms with Gasteiger partial charge in [-0.3, -0.25) is 9.69 Å². The maximum absolute atomic E-state index is 12.7. The van der Waals surface area contributed by atoms with Crippen molar-refractivity contribution >= 4 is 28.2 Å². The number of aliphatic hydroxyl groups excluding tert-OH is 1. The number of carbonyl (C=O) groups is 2. The average molecular weight is 405 g/mol. The van der Waals surface area contributed by atoms with E-state index in [4.69, 9.17) is 4.74 Å². The maximum atomic E-state index is 12.7. The highest BCUT2D eigenvalue weighted by molar-refractivity contribution is 7.14. The molecule has 1 heterocycles. The van der Waals surface area contributed by atoms with Crippen molar-refractivity contribution in [2.24, 2.45) is 5.92 Å². The lowest BCUT2D eigenvalue weighted by Crippen LogP contribution is -2.45. The zero-order chi connectivity index (χ0) is 20.5. The largest absolute Gasteiger partial charge is 0.462 e. The van der Waals surface area contributed by atoms with Crippen LogP contribution in [0.4, 0.5) is 5.00 Å². The topological polar surface area (TPSA) is 78.9 Å². The van der Waals surface area contributed by atoms with Gasteiger partial charge in [0.15, 0.2) is 0 Å². The first kappa shape index (κ1) is 22.1. The van der Waals surface area contributed by atoms with E-state index in [2.05, 4.69) is 5.32 Å². The van der Waals surface area contributed by atoms with Gasteiger partial charge in [0, 0.05) is 12.6 Å². The second-order valence-corrected chi connectivity index (χ2v) is 7.73. The highest BCUT2D eigenvalue weighted by atomic mass is 32.1. The number of hydrogen-bond acceptors (Lipinski definition) is 6. The molecule has 2 rings (SSSR count). The van der Waals surface area contributed by atoms with Crippen molar-refractivity contribution in [3.8, 4) is 0 Å². The normalized spacial score (nSPS) is 12.2. The first-order chi connectivity index (χ1) is 13.5. The minimum Gasteiger partial charge on any atom is -0.462 e. The van der Waals surface area contributed by atoms with E-state index in [0.717, 1.165) is 5.56 Å².